The van der Waals surface area contributed by atoms with Crippen LogP contribution in [0.25, 0.3) is 0 Å². The number of aromatic nitrogens is 4. The Kier molecular flexibility index (Phi) is 5.73. The zero-order valence-electron chi connectivity index (χ0n) is 16.7. The predicted octanol–water partition coefficient (Wildman–Crippen LogP) is 2.18. The van der Waals surface area contributed by atoms with Gasteiger partial charge in [-0.05, 0) is 45.7 Å². The fourth-order valence-electron chi connectivity index (χ4n) is 3.87. The van der Waals surface area contributed by atoms with Crippen molar-refractivity contribution in [1.29, 1.82) is 0 Å². The molecule has 0 saturated heterocycles. The van der Waals surface area contributed by atoms with E-state index in [-0.39, 0.29) is 11.8 Å². The van der Waals surface area contributed by atoms with Crippen molar-refractivity contribution in [1.82, 2.24) is 25.1 Å². The van der Waals surface area contributed by atoms with Crippen molar-refractivity contribution < 1.29 is 14.6 Å². The second-order valence-corrected chi connectivity index (χ2v) is 7.08. The van der Waals surface area contributed by atoms with Gasteiger partial charge in [0.25, 0.3) is 0 Å². The molecule has 8 nitrogen and oxygen atoms in total. The Morgan fingerprint density at radius 3 is 2.76 bits per heavy atom. The highest BCUT2D eigenvalue weighted by Gasteiger charge is 2.31. The number of tetrazole rings is 1. The third-order valence-electron chi connectivity index (χ3n) is 5.36. The topological polar surface area (TPSA) is 85.5 Å². The molecule has 0 radical (unpaired) electrons. The average molecular weight is 395 g/mol. The van der Waals surface area contributed by atoms with Gasteiger partial charge in [-0.1, -0.05) is 30.3 Å². The molecule has 4 rings (SSSR count). The van der Waals surface area contributed by atoms with Crippen molar-refractivity contribution >= 4 is 0 Å². The van der Waals surface area contributed by atoms with Crippen molar-refractivity contribution in [2.24, 2.45) is 0 Å². The van der Waals surface area contributed by atoms with Gasteiger partial charge >= 0.3 is 0 Å². The summed E-state index contributed by atoms with van der Waals surface area (Å²) < 4.78 is 12.3. The molecule has 0 amide bonds. The van der Waals surface area contributed by atoms with Crippen molar-refractivity contribution in [3.05, 3.63) is 65.0 Å². The number of hydrogen-bond donors (Lipinski definition) is 1. The smallest absolute Gasteiger partial charge is 0.173 e. The third kappa shape index (κ3) is 3.94. The summed E-state index contributed by atoms with van der Waals surface area (Å²) in [6, 6.07) is 13.8. The van der Waals surface area contributed by atoms with Crippen LogP contribution in [0.2, 0.25) is 0 Å². The molecule has 1 aromatic heterocycles. The molecular formula is C21H25N5O3. The highest BCUT2D eigenvalue weighted by atomic mass is 16.5. The third-order valence-corrected chi connectivity index (χ3v) is 5.36. The van der Waals surface area contributed by atoms with Gasteiger partial charge in [-0.15, -0.1) is 5.10 Å². The molecular weight excluding hydrogens is 370 g/mol. The van der Waals surface area contributed by atoms with E-state index in [1.165, 1.54) is 11.1 Å². The van der Waals surface area contributed by atoms with E-state index in [1.54, 1.807) is 25.0 Å². The van der Waals surface area contributed by atoms with Crippen molar-refractivity contribution in [3.8, 4) is 11.5 Å². The Morgan fingerprint density at radius 1 is 1.14 bits per heavy atom. The molecule has 0 saturated carbocycles. The molecule has 29 heavy (non-hydrogen) atoms. The summed E-state index contributed by atoms with van der Waals surface area (Å²) in [5.74, 6) is 1.29. The first-order valence-electron chi connectivity index (χ1n) is 9.64. The Balaban J connectivity index is 1.75. The average Bonchev–Trinajstić information content (AvgIpc) is 3.21. The minimum absolute atomic E-state index is 0.109. The van der Waals surface area contributed by atoms with Gasteiger partial charge in [0.15, 0.2) is 17.3 Å². The zero-order chi connectivity index (χ0) is 20.2. The summed E-state index contributed by atoms with van der Waals surface area (Å²) in [7, 11) is 3.21. The maximum absolute atomic E-state index is 10.1. The molecule has 2 aromatic carbocycles. The molecule has 1 aliphatic heterocycles. The number of aromatic hydroxyl groups is 1. The normalized spacial score (nSPS) is 15.1. The highest BCUT2D eigenvalue weighted by Crippen LogP contribution is 2.36. The second-order valence-electron chi connectivity index (χ2n) is 7.08. The Morgan fingerprint density at radius 2 is 1.97 bits per heavy atom. The Bertz CT molecular complexity index is 974. The van der Waals surface area contributed by atoms with Crippen LogP contribution < -0.4 is 4.74 Å². The molecule has 0 spiro atoms. The van der Waals surface area contributed by atoms with Crippen LogP contribution in [0.3, 0.4) is 0 Å². The Hall–Kier alpha value is -2.97. The molecule has 0 aliphatic carbocycles. The summed E-state index contributed by atoms with van der Waals surface area (Å²) in [6.07, 6.45) is 0.960. The molecule has 1 atom stereocenters. The molecule has 152 valence electrons. The molecule has 3 aromatic rings. The maximum atomic E-state index is 10.1. The maximum Gasteiger partial charge on any atom is 0.173 e. The first-order chi connectivity index (χ1) is 14.2. The number of hydrogen-bond acceptors (Lipinski definition) is 7. The number of phenols is 1. The lowest BCUT2D eigenvalue weighted by atomic mass is 9.96. The monoisotopic (exact) mass is 395 g/mol. The van der Waals surface area contributed by atoms with Gasteiger partial charge < -0.3 is 14.6 Å². The minimum atomic E-state index is -0.176. The highest BCUT2D eigenvalue weighted by molar-refractivity contribution is 5.44. The van der Waals surface area contributed by atoms with Gasteiger partial charge in [-0.3, -0.25) is 4.90 Å². The van der Waals surface area contributed by atoms with Crippen molar-refractivity contribution in [2.45, 2.75) is 25.6 Å². The Labute approximate surface area is 169 Å². The van der Waals surface area contributed by atoms with Crippen LogP contribution >= 0.6 is 0 Å². The number of ether oxygens (including phenoxy) is 2. The molecule has 0 unspecified atom stereocenters. The predicted molar refractivity (Wildman–Crippen MR) is 107 cm³/mol. The van der Waals surface area contributed by atoms with Crippen LogP contribution in [0.4, 0.5) is 0 Å². The SMILES string of the molecule is COCCn1nnnc1[C@@H](c1ccc(O)c(OC)c1)N1CCc2ccccc2C1. The van der Waals surface area contributed by atoms with Crippen molar-refractivity contribution in [2.75, 3.05) is 27.4 Å². The standard InChI is InChI=1S/C21H25N5O3/c1-28-12-11-26-21(22-23-24-26)20(16-7-8-18(27)19(13-16)29-2)25-10-9-15-5-3-4-6-17(15)14-25/h3-8,13,20,27H,9-12,14H2,1-2H3/t20-/m1/s1. The van der Waals surface area contributed by atoms with Crippen LogP contribution in [0.5, 0.6) is 11.5 Å². The van der Waals surface area contributed by atoms with E-state index in [2.05, 4.69) is 44.7 Å². The summed E-state index contributed by atoms with van der Waals surface area (Å²) >= 11 is 0. The first kappa shape index (κ1) is 19.4. The first-order valence-corrected chi connectivity index (χ1v) is 9.64. The van der Waals surface area contributed by atoms with E-state index in [4.69, 9.17) is 9.47 Å². The zero-order valence-corrected chi connectivity index (χ0v) is 16.7. The number of phenolic OH excluding ortho intramolecular Hbond substituents is 1. The van der Waals surface area contributed by atoms with E-state index in [0.717, 1.165) is 30.9 Å². The molecule has 0 fully saturated rings. The molecule has 2 heterocycles. The molecule has 8 heteroatoms. The van der Waals surface area contributed by atoms with Gasteiger partial charge in [-0.25, -0.2) is 4.68 Å². The van der Waals surface area contributed by atoms with E-state index in [1.807, 2.05) is 12.1 Å². The lowest BCUT2D eigenvalue weighted by Gasteiger charge is -2.35. The fraction of sp³-hybridized carbons (Fsp3) is 0.381. The van der Waals surface area contributed by atoms with Crippen LogP contribution in [-0.2, 0) is 24.2 Å². The quantitative estimate of drug-likeness (QED) is 0.656. The number of benzene rings is 2. The summed E-state index contributed by atoms with van der Waals surface area (Å²) in [6.45, 7) is 2.75. The number of nitrogens with zero attached hydrogens (tertiary/aromatic N) is 5. The number of methoxy groups -OCH3 is 2. The van der Waals surface area contributed by atoms with Gasteiger partial charge in [0, 0.05) is 20.2 Å². The van der Waals surface area contributed by atoms with Crippen LogP contribution in [0, 0.1) is 0 Å². The summed E-state index contributed by atoms with van der Waals surface area (Å²) in [5, 5.41) is 22.5. The minimum Gasteiger partial charge on any atom is -0.504 e. The fourth-order valence-corrected chi connectivity index (χ4v) is 3.87. The molecule has 1 N–H and O–H groups in total. The van der Waals surface area contributed by atoms with E-state index >= 15 is 0 Å². The summed E-state index contributed by atoms with van der Waals surface area (Å²) in [5.41, 5.74) is 3.66. The van der Waals surface area contributed by atoms with E-state index in [9.17, 15) is 5.11 Å². The van der Waals surface area contributed by atoms with Crippen LogP contribution in [-0.4, -0.2) is 57.6 Å². The lowest BCUT2D eigenvalue weighted by Crippen LogP contribution is -2.36. The van der Waals surface area contributed by atoms with Gasteiger partial charge in [0.1, 0.15) is 0 Å². The van der Waals surface area contributed by atoms with Gasteiger partial charge in [0.2, 0.25) is 0 Å². The van der Waals surface area contributed by atoms with E-state index < -0.39 is 0 Å². The van der Waals surface area contributed by atoms with Crippen LogP contribution in [0.1, 0.15) is 28.6 Å². The number of rotatable bonds is 7. The van der Waals surface area contributed by atoms with Crippen LogP contribution in [0.15, 0.2) is 42.5 Å². The second kappa shape index (κ2) is 8.59. The number of fused-ring (bicyclic) bond motifs is 1. The van der Waals surface area contributed by atoms with Gasteiger partial charge in [0.05, 0.1) is 26.3 Å². The molecule has 1 aliphatic rings. The van der Waals surface area contributed by atoms with E-state index in [0.29, 0.717) is 18.9 Å². The lowest BCUT2D eigenvalue weighted by molar-refractivity contribution is 0.169. The summed E-state index contributed by atoms with van der Waals surface area (Å²) in [4.78, 5) is 2.36. The molecule has 0 bridgehead atoms. The largest absolute Gasteiger partial charge is 0.504 e. The van der Waals surface area contributed by atoms with Gasteiger partial charge in [-0.2, -0.15) is 0 Å². The van der Waals surface area contributed by atoms with Crippen molar-refractivity contribution in [3.63, 3.8) is 0 Å².